The molecule has 0 bridgehead atoms. The number of aromatic nitrogens is 2. The van der Waals surface area contributed by atoms with Crippen LogP contribution in [0.4, 0.5) is 5.82 Å². The van der Waals surface area contributed by atoms with Crippen LogP contribution in [0.2, 0.25) is 0 Å². The first-order valence-corrected chi connectivity index (χ1v) is 7.61. The molecule has 1 N–H and O–H groups in total. The van der Waals surface area contributed by atoms with Crippen LogP contribution in [0.15, 0.2) is 29.2 Å². The zero-order valence-corrected chi connectivity index (χ0v) is 11.6. The molecule has 0 fully saturated rings. The smallest absolute Gasteiger partial charge is 0.147 e. The summed E-state index contributed by atoms with van der Waals surface area (Å²) in [5.74, 6) is 0.936. The van der Waals surface area contributed by atoms with E-state index in [0.717, 1.165) is 29.0 Å². The van der Waals surface area contributed by atoms with Crippen molar-refractivity contribution in [1.29, 1.82) is 0 Å². The lowest BCUT2D eigenvalue weighted by Crippen LogP contribution is -2.01. The van der Waals surface area contributed by atoms with E-state index in [2.05, 4.69) is 33.7 Å². The van der Waals surface area contributed by atoms with Crippen molar-refractivity contribution in [3.8, 4) is 0 Å². The maximum atomic E-state index is 4.33. The molecule has 18 heavy (non-hydrogen) atoms. The summed E-state index contributed by atoms with van der Waals surface area (Å²) in [5.41, 5.74) is 2.43. The summed E-state index contributed by atoms with van der Waals surface area (Å²) < 4.78 is 1.13. The second-order valence-electron chi connectivity index (χ2n) is 3.93. The van der Waals surface area contributed by atoms with Gasteiger partial charge in [-0.1, -0.05) is 6.92 Å². The molecule has 0 aliphatic carbocycles. The van der Waals surface area contributed by atoms with Gasteiger partial charge in [-0.05, 0) is 34.9 Å². The number of nitrogens with zero attached hydrogens (tertiary/aromatic N) is 2. The van der Waals surface area contributed by atoms with E-state index in [1.54, 1.807) is 29.0 Å². The Bertz CT molecular complexity index is 657. The second kappa shape index (κ2) is 5.04. The van der Waals surface area contributed by atoms with E-state index in [4.69, 9.17) is 0 Å². The summed E-state index contributed by atoms with van der Waals surface area (Å²) in [6.45, 7) is 3.03. The van der Waals surface area contributed by atoms with Gasteiger partial charge in [-0.3, -0.25) is 0 Å². The monoisotopic (exact) mass is 275 g/mol. The van der Waals surface area contributed by atoms with E-state index in [1.807, 2.05) is 11.4 Å². The van der Waals surface area contributed by atoms with Crippen molar-refractivity contribution in [1.82, 2.24) is 9.97 Å². The molecule has 3 nitrogen and oxygen atoms in total. The van der Waals surface area contributed by atoms with Crippen molar-refractivity contribution in [2.45, 2.75) is 19.9 Å². The largest absolute Gasteiger partial charge is 0.364 e. The maximum absolute atomic E-state index is 4.33. The van der Waals surface area contributed by atoms with E-state index in [9.17, 15) is 0 Å². The number of thiophene rings is 2. The first kappa shape index (κ1) is 11.6. The molecule has 0 aliphatic rings. The number of aryl methyl sites for hydroxylation is 1. The molecule has 3 aromatic heterocycles. The SMILES string of the molecule is CCc1ccsc1CNc1ncnc2ccsc12. The fourth-order valence-electron chi connectivity index (χ4n) is 1.92. The van der Waals surface area contributed by atoms with Crippen molar-refractivity contribution < 1.29 is 0 Å². The molecule has 0 spiro atoms. The highest BCUT2D eigenvalue weighted by molar-refractivity contribution is 7.17. The average Bonchev–Trinajstić information content (AvgIpc) is 3.04. The summed E-state index contributed by atoms with van der Waals surface area (Å²) in [5, 5.41) is 7.62. The van der Waals surface area contributed by atoms with Crippen LogP contribution >= 0.6 is 22.7 Å². The van der Waals surface area contributed by atoms with Crippen LogP contribution in [-0.4, -0.2) is 9.97 Å². The molecule has 5 heteroatoms. The highest BCUT2D eigenvalue weighted by Crippen LogP contribution is 2.26. The minimum absolute atomic E-state index is 0.838. The van der Waals surface area contributed by atoms with Crippen LogP contribution < -0.4 is 5.32 Å². The van der Waals surface area contributed by atoms with Gasteiger partial charge in [-0.2, -0.15) is 0 Å². The molecular weight excluding hydrogens is 262 g/mol. The van der Waals surface area contributed by atoms with Gasteiger partial charge < -0.3 is 5.32 Å². The van der Waals surface area contributed by atoms with Crippen LogP contribution in [0.5, 0.6) is 0 Å². The van der Waals surface area contributed by atoms with E-state index in [0.29, 0.717) is 0 Å². The lowest BCUT2D eigenvalue weighted by molar-refractivity contribution is 1.07. The molecule has 92 valence electrons. The topological polar surface area (TPSA) is 37.8 Å². The highest BCUT2D eigenvalue weighted by atomic mass is 32.1. The Hall–Kier alpha value is -1.46. The van der Waals surface area contributed by atoms with Crippen LogP contribution in [0, 0.1) is 0 Å². The summed E-state index contributed by atoms with van der Waals surface area (Å²) in [7, 11) is 0. The van der Waals surface area contributed by atoms with Crippen molar-refractivity contribution in [2.75, 3.05) is 5.32 Å². The third kappa shape index (κ3) is 2.11. The second-order valence-corrected chi connectivity index (χ2v) is 5.85. The number of nitrogens with one attached hydrogen (secondary N) is 1. The minimum atomic E-state index is 0.838. The molecule has 0 unspecified atom stereocenters. The van der Waals surface area contributed by atoms with Crippen molar-refractivity contribution in [3.63, 3.8) is 0 Å². The third-order valence-electron chi connectivity index (χ3n) is 2.88. The fraction of sp³-hybridized carbons (Fsp3) is 0.231. The molecule has 0 aromatic carbocycles. The van der Waals surface area contributed by atoms with Gasteiger partial charge in [-0.25, -0.2) is 9.97 Å². The van der Waals surface area contributed by atoms with Crippen molar-refractivity contribution in [2.24, 2.45) is 0 Å². The molecular formula is C13H13N3S2. The van der Waals surface area contributed by atoms with Gasteiger partial charge in [0.15, 0.2) is 0 Å². The minimum Gasteiger partial charge on any atom is -0.364 e. The molecule has 0 saturated carbocycles. The average molecular weight is 275 g/mol. The number of fused-ring (bicyclic) bond motifs is 1. The molecule has 3 rings (SSSR count). The van der Waals surface area contributed by atoms with Crippen LogP contribution in [0.1, 0.15) is 17.4 Å². The molecule has 3 aromatic rings. The maximum Gasteiger partial charge on any atom is 0.147 e. The standard InChI is InChI=1S/C13H13N3S2/c1-2-9-3-5-17-11(9)7-14-13-12-10(4-6-18-12)15-8-16-13/h3-6,8H,2,7H2,1H3,(H,14,15,16). The van der Waals surface area contributed by atoms with Crippen molar-refractivity contribution >= 4 is 38.7 Å². The lowest BCUT2D eigenvalue weighted by Gasteiger charge is -2.06. The zero-order valence-electron chi connectivity index (χ0n) is 10.0. The summed E-state index contributed by atoms with van der Waals surface area (Å²) in [6, 6.07) is 4.22. The van der Waals surface area contributed by atoms with E-state index in [-0.39, 0.29) is 0 Å². The Balaban J connectivity index is 1.83. The zero-order chi connectivity index (χ0) is 12.4. The highest BCUT2D eigenvalue weighted by Gasteiger charge is 2.06. The van der Waals surface area contributed by atoms with Gasteiger partial charge in [0.2, 0.25) is 0 Å². The Kier molecular flexibility index (Phi) is 3.25. The van der Waals surface area contributed by atoms with E-state index in [1.165, 1.54) is 10.4 Å². The summed E-state index contributed by atoms with van der Waals surface area (Å²) in [4.78, 5) is 9.96. The van der Waals surface area contributed by atoms with Gasteiger partial charge in [0, 0.05) is 4.88 Å². The Morgan fingerprint density at radius 3 is 2.94 bits per heavy atom. The quantitative estimate of drug-likeness (QED) is 0.784. The third-order valence-corrected chi connectivity index (χ3v) is 4.75. The van der Waals surface area contributed by atoms with Gasteiger partial charge >= 0.3 is 0 Å². The molecule has 0 aliphatic heterocycles. The number of rotatable bonds is 4. The summed E-state index contributed by atoms with van der Waals surface area (Å²) in [6.07, 6.45) is 2.70. The first-order valence-electron chi connectivity index (χ1n) is 5.86. The molecule has 0 saturated heterocycles. The number of hydrogen-bond acceptors (Lipinski definition) is 5. The lowest BCUT2D eigenvalue weighted by atomic mass is 10.2. The fourth-order valence-corrected chi connectivity index (χ4v) is 3.64. The Morgan fingerprint density at radius 2 is 2.06 bits per heavy atom. The molecule has 0 atom stereocenters. The Labute approximate surface area is 114 Å². The first-order chi connectivity index (χ1) is 8.88. The van der Waals surface area contributed by atoms with Crippen LogP contribution in [-0.2, 0) is 13.0 Å². The predicted octanol–water partition coefficient (Wildman–Crippen LogP) is 3.93. The van der Waals surface area contributed by atoms with Gasteiger partial charge in [0.25, 0.3) is 0 Å². The predicted molar refractivity (Wildman–Crippen MR) is 78.4 cm³/mol. The molecule has 0 amide bonds. The number of anilines is 1. The van der Waals surface area contributed by atoms with E-state index < -0.39 is 0 Å². The van der Waals surface area contributed by atoms with Gasteiger partial charge in [0.1, 0.15) is 12.1 Å². The number of hydrogen-bond donors (Lipinski definition) is 1. The van der Waals surface area contributed by atoms with Crippen LogP contribution in [0.3, 0.4) is 0 Å². The molecule has 3 heterocycles. The Morgan fingerprint density at radius 1 is 1.17 bits per heavy atom. The van der Waals surface area contributed by atoms with Crippen LogP contribution in [0.25, 0.3) is 10.2 Å². The van der Waals surface area contributed by atoms with Gasteiger partial charge in [0.05, 0.1) is 16.8 Å². The normalized spacial score (nSPS) is 10.9. The summed E-state index contributed by atoms with van der Waals surface area (Å²) >= 11 is 3.48. The molecule has 0 radical (unpaired) electrons. The van der Waals surface area contributed by atoms with Gasteiger partial charge in [-0.15, -0.1) is 22.7 Å². The van der Waals surface area contributed by atoms with Crippen molar-refractivity contribution in [3.05, 3.63) is 39.7 Å². The van der Waals surface area contributed by atoms with E-state index >= 15 is 0 Å².